The van der Waals surface area contributed by atoms with E-state index in [0.29, 0.717) is 10.5 Å². The van der Waals surface area contributed by atoms with E-state index in [1.165, 1.54) is 25.7 Å². The normalized spacial score (nSPS) is 17.1. The van der Waals surface area contributed by atoms with Gasteiger partial charge in [-0.3, -0.25) is 9.89 Å². The van der Waals surface area contributed by atoms with Crippen molar-refractivity contribution in [3.8, 4) is 11.3 Å². The highest BCUT2D eigenvalue weighted by Crippen LogP contribution is 2.29. The van der Waals surface area contributed by atoms with Gasteiger partial charge in [-0.05, 0) is 28.8 Å². The van der Waals surface area contributed by atoms with Crippen LogP contribution >= 0.6 is 15.9 Å². The monoisotopic (exact) mass is 334 g/mol. The second-order valence-electron chi connectivity index (χ2n) is 5.49. The summed E-state index contributed by atoms with van der Waals surface area (Å²) in [5.41, 5.74) is 2.00. The van der Waals surface area contributed by atoms with Crippen molar-refractivity contribution in [2.24, 2.45) is 0 Å². The number of benzene rings is 1. The zero-order chi connectivity index (χ0) is 13.9. The maximum absolute atomic E-state index is 12.5. The molecule has 1 aromatic carbocycles. The number of H-pyrrole nitrogens is 1. The van der Waals surface area contributed by atoms with E-state index in [1.54, 1.807) is 0 Å². The molecule has 20 heavy (non-hydrogen) atoms. The average molecular weight is 335 g/mol. The number of hydrogen-bond acceptors (Lipinski definition) is 1. The summed E-state index contributed by atoms with van der Waals surface area (Å²) < 4.78 is 2.48. The van der Waals surface area contributed by atoms with Gasteiger partial charge in [-0.25, -0.2) is 4.68 Å². The molecule has 4 heteroatoms. The van der Waals surface area contributed by atoms with Gasteiger partial charge in [-0.1, -0.05) is 56.0 Å². The molecule has 1 aliphatic rings. The molecule has 3 rings (SSSR count). The fourth-order valence-corrected chi connectivity index (χ4v) is 3.51. The van der Waals surface area contributed by atoms with Crippen molar-refractivity contribution in [3.05, 3.63) is 45.2 Å². The zero-order valence-electron chi connectivity index (χ0n) is 11.4. The van der Waals surface area contributed by atoms with Crippen LogP contribution in [0.3, 0.4) is 0 Å². The van der Waals surface area contributed by atoms with Crippen LogP contribution in [0, 0.1) is 0 Å². The van der Waals surface area contributed by atoms with Gasteiger partial charge in [-0.15, -0.1) is 0 Å². The van der Waals surface area contributed by atoms with Crippen molar-refractivity contribution in [2.75, 3.05) is 0 Å². The third-order valence-corrected chi connectivity index (χ3v) is 4.85. The molecule has 0 saturated heterocycles. The molecular formula is C16H19BrN2O. The largest absolute Gasteiger partial charge is 0.294 e. The highest BCUT2D eigenvalue weighted by molar-refractivity contribution is 9.10. The van der Waals surface area contributed by atoms with Crippen molar-refractivity contribution in [1.82, 2.24) is 9.78 Å². The molecule has 0 radical (unpaired) electrons. The molecule has 1 fully saturated rings. The topological polar surface area (TPSA) is 37.8 Å². The predicted octanol–water partition coefficient (Wildman–Crippen LogP) is 4.50. The van der Waals surface area contributed by atoms with Gasteiger partial charge in [0, 0.05) is 5.56 Å². The summed E-state index contributed by atoms with van der Waals surface area (Å²) in [6, 6.07) is 10.3. The highest BCUT2D eigenvalue weighted by Gasteiger charge is 2.20. The first-order chi connectivity index (χ1) is 9.77. The molecule has 106 valence electrons. The van der Waals surface area contributed by atoms with Gasteiger partial charge in [0.25, 0.3) is 5.56 Å². The van der Waals surface area contributed by atoms with Crippen molar-refractivity contribution in [3.63, 3.8) is 0 Å². The van der Waals surface area contributed by atoms with E-state index < -0.39 is 0 Å². The SMILES string of the molecule is O=c1c(Br)c(-c2ccccc2)[nH]n1C1CCCCCC1. The van der Waals surface area contributed by atoms with Crippen LogP contribution in [0.1, 0.15) is 44.6 Å². The minimum Gasteiger partial charge on any atom is -0.294 e. The van der Waals surface area contributed by atoms with Gasteiger partial charge in [-0.2, -0.15) is 0 Å². The molecule has 3 nitrogen and oxygen atoms in total. The van der Waals surface area contributed by atoms with E-state index in [4.69, 9.17) is 0 Å². The second-order valence-corrected chi connectivity index (χ2v) is 6.28. The molecule has 0 bridgehead atoms. The van der Waals surface area contributed by atoms with E-state index in [9.17, 15) is 4.79 Å². The second kappa shape index (κ2) is 6.00. The number of nitrogens with zero attached hydrogens (tertiary/aromatic N) is 1. The number of aromatic nitrogens is 2. The minimum atomic E-state index is 0.0655. The van der Waals surface area contributed by atoms with Crippen LogP contribution in [-0.4, -0.2) is 9.78 Å². The Hall–Kier alpha value is -1.29. The summed E-state index contributed by atoms with van der Waals surface area (Å²) >= 11 is 3.46. The molecular weight excluding hydrogens is 316 g/mol. The van der Waals surface area contributed by atoms with Gasteiger partial charge in [0.2, 0.25) is 0 Å². The fourth-order valence-electron chi connectivity index (χ4n) is 3.00. The van der Waals surface area contributed by atoms with Crippen LogP contribution in [0.4, 0.5) is 0 Å². The summed E-state index contributed by atoms with van der Waals surface area (Å²) in [4.78, 5) is 12.5. The standard InChI is InChI=1S/C16H19BrN2O/c17-14-15(12-8-4-3-5-9-12)18-19(16(14)20)13-10-6-1-2-7-11-13/h3-5,8-9,13,18H,1-2,6-7,10-11H2. The molecule has 0 spiro atoms. The Morgan fingerprint density at radius 1 is 1.05 bits per heavy atom. The molecule has 0 unspecified atom stereocenters. The van der Waals surface area contributed by atoms with Crippen LogP contribution < -0.4 is 5.56 Å². The molecule has 1 aliphatic carbocycles. The first-order valence-corrected chi connectivity index (χ1v) is 8.12. The van der Waals surface area contributed by atoms with Crippen molar-refractivity contribution in [2.45, 2.75) is 44.6 Å². The van der Waals surface area contributed by atoms with Gasteiger partial charge in [0.15, 0.2) is 0 Å². The molecule has 0 aliphatic heterocycles. The van der Waals surface area contributed by atoms with E-state index in [2.05, 4.69) is 21.0 Å². The molecule has 1 heterocycles. The van der Waals surface area contributed by atoms with Crippen molar-refractivity contribution < 1.29 is 0 Å². The number of hydrogen-bond donors (Lipinski definition) is 1. The number of halogens is 1. The Morgan fingerprint density at radius 3 is 2.35 bits per heavy atom. The molecule has 1 saturated carbocycles. The number of nitrogens with one attached hydrogen (secondary N) is 1. The Balaban J connectivity index is 1.99. The third kappa shape index (κ3) is 2.62. The van der Waals surface area contributed by atoms with E-state index in [1.807, 2.05) is 35.0 Å². The maximum Gasteiger partial charge on any atom is 0.281 e. The Morgan fingerprint density at radius 2 is 1.70 bits per heavy atom. The van der Waals surface area contributed by atoms with Crippen molar-refractivity contribution in [1.29, 1.82) is 0 Å². The summed E-state index contributed by atoms with van der Waals surface area (Å²) in [5.74, 6) is 0. The van der Waals surface area contributed by atoms with Crippen molar-refractivity contribution >= 4 is 15.9 Å². The number of aromatic amines is 1. The van der Waals surface area contributed by atoms with Gasteiger partial charge in [0.1, 0.15) is 4.47 Å². The Bertz CT molecular complexity index is 622. The van der Waals surface area contributed by atoms with Gasteiger partial charge < -0.3 is 0 Å². The first-order valence-electron chi connectivity index (χ1n) is 7.33. The third-order valence-electron chi connectivity index (χ3n) is 4.11. The van der Waals surface area contributed by atoms with Gasteiger partial charge >= 0.3 is 0 Å². The highest BCUT2D eigenvalue weighted by atomic mass is 79.9. The molecule has 1 aromatic heterocycles. The zero-order valence-corrected chi connectivity index (χ0v) is 13.0. The Labute approximate surface area is 127 Å². The van der Waals surface area contributed by atoms with E-state index in [-0.39, 0.29) is 5.56 Å². The lowest BCUT2D eigenvalue weighted by molar-refractivity contribution is 0.396. The summed E-state index contributed by atoms with van der Waals surface area (Å²) in [7, 11) is 0. The van der Waals surface area contributed by atoms with Crippen LogP contribution in [0.15, 0.2) is 39.6 Å². The first kappa shape index (κ1) is 13.7. The number of rotatable bonds is 2. The maximum atomic E-state index is 12.5. The summed E-state index contributed by atoms with van der Waals surface area (Å²) in [6.45, 7) is 0. The van der Waals surface area contributed by atoms with E-state index >= 15 is 0 Å². The molecule has 0 atom stereocenters. The Kier molecular flexibility index (Phi) is 4.10. The summed E-state index contributed by atoms with van der Waals surface area (Å²) in [6.07, 6.45) is 7.21. The molecule has 0 amide bonds. The minimum absolute atomic E-state index is 0.0655. The van der Waals surface area contributed by atoms with Gasteiger partial charge in [0.05, 0.1) is 11.7 Å². The molecule has 1 N–H and O–H groups in total. The lowest BCUT2D eigenvalue weighted by Crippen LogP contribution is -2.22. The smallest absolute Gasteiger partial charge is 0.281 e. The lowest BCUT2D eigenvalue weighted by Gasteiger charge is -2.14. The quantitative estimate of drug-likeness (QED) is 0.806. The summed E-state index contributed by atoms with van der Waals surface area (Å²) in [5, 5.41) is 3.32. The van der Waals surface area contributed by atoms with Crippen LogP contribution in [0.2, 0.25) is 0 Å². The van der Waals surface area contributed by atoms with Crippen LogP contribution in [-0.2, 0) is 0 Å². The lowest BCUT2D eigenvalue weighted by atomic mass is 10.1. The average Bonchev–Trinajstić information content (AvgIpc) is 2.69. The fraction of sp³-hybridized carbons (Fsp3) is 0.438. The van der Waals surface area contributed by atoms with E-state index in [0.717, 1.165) is 24.1 Å². The predicted molar refractivity (Wildman–Crippen MR) is 84.9 cm³/mol. The van der Waals surface area contributed by atoms with Crippen LogP contribution in [0.5, 0.6) is 0 Å². The molecule has 2 aromatic rings. The van der Waals surface area contributed by atoms with Crippen LogP contribution in [0.25, 0.3) is 11.3 Å².